The van der Waals surface area contributed by atoms with Crippen molar-refractivity contribution in [2.45, 2.75) is 13.3 Å². The smallest absolute Gasteiger partial charge is 0.225 e. The number of hydrogen-bond donors (Lipinski definition) is 1. The quantitative estimate of drug-likeness (QED) is 0.809. The minimum Gasteiger partial charge on any atom is -0.311 e. The molecule has 0 aliphatic carbocycles. The molecule has 76 valence electrons. The van der Waals surface area contributed by atoms with Crippen molar-refractivity contribution in [1.29, 1.82) is 0 Å². The standard InChI is InChI=1S/C12H12N2O/c1-2-12(15)14-11-7-9-5-3-4-6-10(9)8-13-11/h3-8H,2H2,1H3,(H,13,14,15). The summed E-state index contributed by atoms with van der Waals surface area (Å²) in [5.41, 5.74) is 0. The Balaban J connectivity index is 2.34. The van der Waals surface area contributed by atoms with Crippen molar-refractivity contribution in [3.05, 3.63) is 36.5 Å². The van der Waals surface area contributed by atoms with Crippen LogP contribution in [0.25, 0.3) is 10.8 Å². The van der Waals surface area contributed by atoms with Crippen molar-refractivity contribution in [1.82, 2.24) is 4.98 Å². The molecule has 2 aromatic rings. The van der Waals surface area contributed by atoms with Gasteiger partial charge in [0, 0.05) is 18.0 Å². The molecule has 0 saturated carbocycles. The highest BCUT2D eigenvalue weighted by atomic mass is 16.1. The second-order valence-electron chi connectivity index (χ2n) is 3.32. The molecule has 1 heterocycles. The number of nitrogens with zero attached hydrogens (tertiary/aromatic N) is 1. The van der Waals surface area contributed by atoms with Gasteiger partial charge in [0.1, 0.15) is 5.82 Å². The van der Waals surface area contributed by atoms with Crippen LogP contribution in [0.2, 0.25) is 0 Å². The van der Waals surface area contributed by atoms with E-state index >= 15 is 0 Å². The predicted molar refractivity (Wildman–Crippen MR) is 60.7 cm³/mol. The Kier molecular flexibility index (Phi) is 2.63. The van der Waals surface area contributed by atoms with E-state index in [1.54, 1.807) is 6.20 Å². The number of rotatable bonds is 2. The summed E-state index contributed by atoms with van der Waals surface area (Å²) in [5.74, 6) is 0.596. The van der Waals surface area contributed by atoms with Crippen LogP contribution in [0.5, 0.6) is 0 Å². The Labute approximate surface area is 88.1 Å². The monoisotopic (exact) mass is 200 g/mol. The van der Waals surface area contributed by atoms with Gasteiger partial charge in [0.25, 0.3) is 0 Å². The number of amides is 1. The first-order valence-electron chi connectivity index (χ1n) is 4.94. The normalized spacial score (nSPS) is 10.2. The number of anilines is 1. The lowest BCUT2D eigenvalue weighted by atomic mass is 10.2. The van der Waals surface area contributed by atoms with Gasteiger partial charge in [0.05, 0.1) is 0 Å². The highest BCUT2D eigenvalue weighted by molar-refractivity contribution is 5.92. The first-order valence-corrected chi connectivity index (χ1v) is 4.94. The maximum absolute atomic E-state index is 11.2. The van der Waals surface area contributed by atoms with E-state index < -0.39 is 0 Å². The summed E-state index contributed by atoms with van der Waals surface area (Å²) < 4.78 is 0. The Bertz CT molecular complexity index is 494. The molecule has 1 aromatic heterocycles. The molecule has 1 amide bonds. The van der Waals surface area contributed by atoms with Crippen molar-refractivity contribution in [3.8, 4) is 0 Å². The maximum atomic E-state index is 11.2. The fourth-order valence-corrected chi connectivity index (χ4v) is 1.38. The molecule has 0 spiro atoms. The number of carbonyl (C=O) groups excluding carboxylic acids is 1. The topological polar surface area (TPSA) is 42.0 Å². The van der Waals surface area contributed by atoms with Crippen LogP contribution in [-0.4, -0.2) is 10.9 Å². The van der Waals surface area contributed by atoms with Crippen molar-refractivity contribution < 1.29 is 4.79 Å². The van der Waals surface area contributed by atoms with Crippen molar-refractivity contribution in [2.24, 2.45) is 0 Å². The molecule has 1 aromatic carbocycles. The molecule has 15 heavy (non-hydrogen) atoms. The third kappa shape index (κ3) is 2.13. The minimum absolute atomic E-state index is 0.0159. The van der Waals surface area contributed by atoms with Crippen LogP contribution in [0.3, 0.4) is 0 Å². The number of pyridine rings is 1. The zero-order chi connectivity index (χ0) is 10.7. The Morgan fingerprint density at radius 2 is 2.07 bits per heavy atom. The van der Waals surface area contributed by atoms with E-state index in [-0.39, 0.29) is 5.91 Å². The SMILES string of the molecule is CCC(=O)Nc1cc2ccccc2cn1. The lowest BCUT2D eigenvalue weighted by Gasteiger charge is -2.03. The van der Waals surface area contributed by atoms with Crippen LogP contribution in [0.1, 0.15) is 13.3 Å². The average molecular weight is 200 g/mol. The summed E-state index contributed by atoms with van der Waals surface area (Å²) in [5, 5.41) is 4.89. The molecule has 3 heteroatoms. The number of benzene rings is 1. The van der Waals surface area contributed by atoms with Crippen LogP contribution in [0.15, 0.2) is 36.5 Å². The molecule has 0 aliphatic heterocycles. The molecular weight excluding hydrogens is 188 g/mol. The Morgan fingerprint density at radius 3 is 2.80 bits per heavy atom. The number of carbonyl (C=O) groups is 1. The summed E-state index contributed by atoms with van der Waals surface area (Å²) in [4.78, 5) is 15.3. The Hall–Kier alpha value is -1.90. The summed E-state index contributed by atoms with van der Waals surface area (Å²) in [6, 6.07) is 9.80. The highest BCUT2D eigenvalue weighted by Crippen LogP contribution is 2.15. The van der Waals surface area contributed by atoms with Crippen LogP contribution < -0.4 is 5.32 Å². The number of hydrogen-bond acceptors (Lipinski definition) is 2. The minimum atomic E-state index is -0.0159. The average Bonchev–Trinajstić information content (AvgIpc) is 2.29. The molecule has 3 nitrogen and oxygen atoms in total. The van der Waals surface area contributed by atoms with E-state index in [4.69, 9.17) is 0 Å². The van der Waals surface area contributed by atoms with E-state index in [0.29, 0.717) is 12.2 Å². The summed E-state index contributed by atoms with van der Waals surface area (Å²) >= 11 is 0. The van der Waals surface area contributed by atoms with Gasteiger partial charge in [-0.25, -0.2) is 4.98 Å². The molecule has 0 atom stereocenters. The fraction of sp³-hybridized carbons (Fsp3) is 0.167. The van der Waals surface area contributed by atoms with Crippen LogP contribution in [0.4, 0.5) is 5.82 Å². The maximum Gasteiger partial charge on any atom is 0.225 e. The van der Waals surface area contributed by atoms with Gasteiger partial charge in [-0.1, -0.05) is 31.2 Å². The van der Waals surface area contributed by atoms with Gasteiger partial charge < -0.3 is 5.32 Å². The molecule has 0 radical (unpaired) electrons. The lowest BCUT2D eigenvalue weighted by molar-refractivity contribution is -0.115. The number of fused-ring (bicyclic) bond motifs is 1. The molecule has 0 aliphatic rings. The fourth-order valence-electron chi connectivity index (χ4n) is 1.38. The van der Waals surface area contributed by atoms with Crippen molar-refractivity contribution in [2.75, 3.05) is 5.32 Å². The van der Waals surface area contributed by atoms with Gasteiger partial charge in [-0.05, 0) is 11.5 Å². The van der Waals surface area contributed by atoms with Gasteiger partial charge in [-0.2, -0.15) is 0 Å². The summed E-state index contributed by atoms with van der Waals surface area (Å²) in [7, 11) is 0. The number of aromatic nitrogens is 1. The second-order valence-corrected chi connectivity index (χ2v) is 3.32. The second kappa shape index (κ2) is 4.09. The highest BCUT2D eigenvalue weighted by Gasteiger charge is 2.00. The van der Waals surface area contributed by atoms with Crippen molar-refractivity contribution >= 4 is 22.5 Å². The third-order valence-electron chi connectivity index (χ3n) is 2.22. The summed E-state index contributed by atoms with van der Waals surface area (Å²) in [6.45, 7) is 1.82. The number of nitrogens with one attached hydrogen (secondary N) is 1. The molecule has 0 bridgehead atoms. The first-order chi connectivity index (χ1) is 7.29. The van der Waals surface area contributed by atoms with E-state index in [1.165, 1.54) is 0 Å². The zero-order valence-corrected chi connectivity index (χ0v) is 8.53. The van der Waals surface area contributed by atoms with Gasteiger partial charge in [-0.3, -0.25) is 4.79 Å². The van der Waals surface area contributed by atoms with E-state index in [2.05, 4.69) is 10.3 Å². The molecule has 0 saturated heterocycles. The van der Waals surface area contributed by atoms with Crippen LogP contribution in [-0.2, 0) is 4.79 Å². The van der Waals surface area contributed by atoms with Gasteiger partial charge in [0.2, 0.25) is 5.91 Å². The van der Waals surface area contributed by atoms with Gasteiger partial charge >= 0.3 is 0 Å². The summed E-state index contributed by atoms with van der Waals surface area (Å²) in [6.07, 6.45) is 2.23. The Morgan fingerprint density at radius 1 is 1.33 bits per heavy atom. The lowest BCUT2D eigenvalue weighted by Crippen LogP contribution is -2.10. The first kappa shape index (κ1) is 9.65. The van der Waals surface area contributed by atoms with E-state index in [1.807, 2.05) is 37.3 Å². The zero-order valence-electron chi connectivity index (χ0n) is 8.53. The van der Waals surface area contributed by atoms with Gasteiger partial charge in [-0.15, -0.1) is 0 Å². The third-order valence-corrected chi connectivity index (χ3v) is 2.22. The van der Waals surface area contributed by atoms with E-state index in [9.17, 15) is 4.79 Å². The van der Waals surface area contributed by atoms with Crippen LogP contribution in [0, 0.1) is 0 Å². The molecule has 0 fully saturated rings. The molecule has 2 rings (SSSR count). The van der Waals surface area contributed by atoms with Gasteiger partial charge in [0.15, 0.2) is 0 Å². The molecular formula is C12H12N2O. The van der Waals surface area contributed by atoms with Crippen LogP contribution >= 0.6 is 0 Å². The van der Waals surface area contributed by atoms with E-state index in [0.717, 1.165) is 10.8 Å². The van der Waals surface area contributed by atoms with Crippen molar-refractivity contribution in [3.63, 3.8) is 0 Å². The molecule has 1 N–H and O–H groups in total. The predicted octanol–water partition coefficient (Wildman–Crippen LogP) is 2.58. The largest absolute Gasteiger partial charge is 0.311 e. The molecule has 0 unspecified atom stereocenters.